The third-order valence-electron chi connectivity index (χ3n) is 6.30. The lowest BCUT2D eigenvalue weighted by atomic mass is 9.59. The lowest BCUT2D eigenvalue weighted by Gasteiger charge is -2.43. The number of hydrogen-bond donors (Lipinski definition) is 2. The Bertz CT molecular complexity index is 441. The summed E-state index contributed by atoms with van der Waals surface area (Å²) in [7, 11) is 0. The van der Waals surface area contributed by atoms with Crippen molar-refractivity contribution in [1.82, 2.24) is 0 Å². The van der Waals surface area contributed by atoms with Gasteiger partial charge in [-0.2, -0.15) is 0 Å². The number of carbonyl (C=O) groups is 2. The zero-order valence-electron chi connectivity index (χ0n) is 11.6. The molecule has 3 aliphatic rings. The molecule has 3 aliphatic carbocycles. The molecule has 0 aromatic rings. The van der Waals surface area contributed by atoms with Crippen molar-refractivity contribution in [3.05, 3.63) is 0 Å². The normalized spacial score (nSPS) is 47.2. The van der Waals surface area contributed by atoms with Crippen molar-refractivity contribution in [1.29, 1.82) is 0 Å². The molecule has 106 valence electrons. The SMILES string of the molecule is CC1(C)C[C@@]23C(CO)C(=O)C[C@H]2[C@@H]1CC[C@@H]3C(=O)O. The fourth-order valence-corrected chi connectivity index (χ4v) is 5.80. The molecule has 19 heavy (non-hydrogen) atoms. The fraction of sp³-hybridized carbons (Fsp3) is 0.867. The molecule has 0 aromatic carbocycles. The fourth-order valence-electron chi connectivity index (χ4n) is 5.80. The van der Waals surface area contributed by atoms with Crippen molar-refractivity contribution >= 4 is 11.8 Å². The number of carboxylic acid groups (broad SMARTS) is 1. The Morgan fingerprint density at radius 1 is 1.32 bits per heavy atom. The lowest BCUT2D eigenvalue weighted by molar-refractivity contribution is -0.153. The van der Waals surface area contributed by atoms with Gasteiger partial charge in [-0.05, 0) is 41.9 Å². The largest absolute Gasteiger partial charge is 0.481 e. The second-order valence-electron chi connectivity index (χ2n) is 7.36. The van der Waals surface area contributed by atoms with Crippen molar-refractivity contribution in [2.24, 2.45) is 34.5 Å². The van der Waals surface area contributed by atoms with Crippen molar-refractivity contribution in [2.45, 2.75) is 39.5 Å². The molecule has 0 spiro atoms. The highest BCUT2D eigenvalue weighted by molar-refractivity contribution is 5.87. The molecule has 2 N–H and O–H groups in total. The summed E-state index contributed by atoms with van der Waals surface area (Å²) in [4.78, 5) is 23.8. The van der Waals surface area contributed by atoms with Gasteiger partial charge in [-0.15, -0.1) is 0 Å². The Kier molecular flexibility index (Phi) is 2.63. The summed E-state index contributed by atoms with van der Waals surface area (Å²) < 4.78 is 0. The first-order valence-corrected chi connectivity index (χ1v) is 7.21. The van der Waals surface area contributed by atoms with E-state index in [9.17, 15) is 19.8 Å². The summed E-state index contributed by atoms with van der Waals surface area (Å²) >= 11 is 0. The van der Waals surface area contributed by atoms with Crippen LogP contribution in [0, 0.1) is 34.5 Å². The first kappa shape index (κ1) is 13.1. The molecule has 3 saturated carbocycles. The Hall–Kier alpha value is -0.900. The summed E-state index contributed by atoms with van der Waals surface area (Å²) in [6.45, 7) is 4.20. The molecular formula is C15H22O4. The molecule has 3 rings (SSSR count). The Labute approximate surface area is 113 Å². The molecule has 0 amide bonds. The average molecular weight is 266 g/mol. The minimum atomic E-state index is -0.783. The van der Waals surface area contributed by atoms with E-state index >= 15 is 0 Å². The highest BCUT2D eigenvalue weighted by Crippen LogP contribution is 2.72. The number of aliphatic carboxylic acids is 1. The topological polar surface area (TPSA) is 74.6 Å². The third kappa shape index (κ3) is 1.44. The minimum Gasteiger partial charge on any atom is -0.481 e. The van der Waals surface area contributed by atoms with E-state index in [1.165, 1.54) is 0 Å². The maximum absolute atomic E-state index is 12.2. The quantitative estimate of drug-likeness (QED) is 0.798. The third-order valence-corrected chi connectivity index (χ3v) is 6.30. The molecule has 0 heterocycles. The predicted octanol–water partition coefficient (Wildman–Crippen LogP) is 1.71. The van der Waals surface area contributed by atoms with Gasteiger partial charge in [0.1, 0.15) is 5.78 Å². The number of carbonyl (C=O) groups excluding carboxylic acids is 1. The van der Waals surface area contributed by atoms with Crippen LogP contribution in [0.15, 0.2) is 0 Å². The summed E-state index contributed by atoms with van der Waals surface area (Å²) in [6.07, 6.45) is 2.80. The maximum Gasteiger partial charge on any atom is 0.307 e. The van der Waals surface area contributed by atoms with Crippen LogP contribution in [0.4, 0.5) is 0 Å². The van der Waals surface area contributed by atoms with E-state index in [2.05, 4.69) is 13.8 Å². The van der Waals surface area contributed by atoms with Crippen molar-refractivity contribution < 1.29 is 19.8 Å². The van der Waals surface area contributed by atoms with Gasteiger partial charge in [0.15, 0.2) is 0 Å². The van der Waals surface area contributed by atoms with Gasteiger partial charge >= 0.3 is 5.97 Å². The van der Waals surface area contributed by atoms with Gasteiger partial charge in [0.2, 0.25) is 0 Å². The Morgan fingerprint density at radius 2 is 2.00 bits per heavy atom. The number of hydrogen-bond acceptors (Lipinski definition) is 3. The predicted molar refractivity (Wildman–Crippen MR) is 68.4 cm³/mol. The summed E-state index contributed by atoms with van der Waals surface area (Å²) in [5.74, 6) is -1.01. The van der Waals surface area contributed by atoms with Crippen LogP contribution in [-0.2, 0) is 9.59 Å². The summed E-state index contributed by atoms with van der Waals surface area (Å²) in [5.41, 5.74) is -0.396. The van der Waals surface area contributed by atoms with E-state index in [1.54, 1.807) is 0 Å². The molecule has 4 nitrogen and oxygen atoms in total. The smallest absolute Gasteiger partial charge is 0.307 e. The van der Waals surface area contributed by atoms with E-state index in [4.69, 9.17) is 0 Å². The lowest BCUT2D eigenvalue weighted by Crippen LogP contribution is -2.46. The molecule has 1 unspecified atom stereocenters. The van der Waals surface area contributed by atoms with Gasteiger partial charge in [-0.25, -0.2) is 0 Å². The number of Topliss-reactive ketones (excluding diaryl/α,β-unsaturated/α-hetero) is 1. The Balaban J connectivity index is 2.13. The molecule has 4 heteroatoms. The van der Waals surface area contributed by atoms with Gasteiger partial charge in [0.05, 0.1) is 12.5 Å². The Morgan fingerprint density at radius 3 is 2.58 bits per heavy atom. The summed E-state index contributed by atoms with van der Waals surface area (Å²) in [5, 5.41) is 19.2. The van der Waals surface area contributed by atoms with E-state index in [-0.39, 0.29) is 23.7 Å². The van der Waals surface area contributed by atoms with Crippen LogP contribution >= 0.6 is 0 Å². The minimum absolute atomic E-state index is 0.0844. The van der Waals surface area contributed by atoms with Crippen molar-refractivity contribution in [2.75, 3.05) is 6.61 Å². The second kappa shape index (κ2) is 3.81. The average Bonchev–Trinajstić information content (AvgIpc) is 2.62. The highest BCUT2D eigenvalue weighted by Gasteiger charge is 2.70. The van der Waals surface area contributed by atoms with Gasteiger partial charge in [0, 0.05) is 12.3 Å². The van der Waals surface area contributed by atoms with Crippen molar-refractivity contribution in [3.63, 3.8) is 0 Å². The zero-order valence-corrected chi connectivity index (χ0v) is 11.6. The second-order valence-corrected chi connectivity index (χ2v) is 7.36. The van der Waals surface area contributed by atoms with Gasteiger partial charge in [0.25, 0.3) is 0 Å². The van der Waals surface area contributed by atoms with Gasteiger partial charge in [-0.1, -0.05) is 13.8 Å². The van der Waals surface area contributed by atoms with Crippen molar-refractivity contribution in [3.8, 4) is 0 Å². The molecule has 2 bridgehead atoms. The number of rotatable bonds is 2. The maximum atomic E-state index is 12.2. The number of aliphatic hydroxyl groups is 1. The van der Waals surface area contributed by atoms with Gasteiger partial charge in [-0.3, -0.25) is 9.59 Å². The zero-order chi connectivity index (χ0) is 14.0. The first-order valence-electron chi connectivity index (χ1n) is 7.21. The summed E-state index contributed by atoms with van der Waals surface area (Å²) in [6, 6.07) is 0. The van der Waals surface area contributed by atoms with E-state index in [1.807, 2.05) is 0 Å². The number of ketones is 1. The van der Waals surface area contributed by atoms with Crippen LogP contribution in [0.1, 0.15) is 39.5 Å². The first-order chi connectivity index (χ1) is 8.84. The van der Waals surface area contributed by atoms with Crippen LogP contribution in [0.3, 0.4) is 0 Å². The molecule has 0 saturated heterocycles. The van der Waals surface area contributed by atoms with Crippen LogP contribution in [0.5, 0.6) is 0 Å². The molecule has 5 atom stereocenters. The van der Waals surface area contributed by atoms with Gasteiger partial charge < -0.3 is 10.2 Å². The monoisotopic (exact) mass is 266 g/mol. The van der Waals surface area contributed by atoms with Crippen LogP contribution in [0.2, 0.25) is 0 Å². The molecular weight excluding hydrogens is 244 g/mol. The molecule has 0 aromatic heterocycles. The van der Waals surface area contributed by atoms with Crippen LogP contribution in [-0.4, -0.2) is 28.6 Å². The standard InChI is InChI=1S/C15H22O4/c1-14(2)7-15-9(13(18)19)4-3-8(14)10(15)5-12(17)11(15)6-16/h8-11,16H,3-7H2,1-2H3,(H,18,19)/t8-,9+,10-,11?,15-/m0/s1. The van der Waals surface area contributed by atoms with E-state index in [0.717, 1.165) is 12.8 Å². The highest BCUT2D eigenvalue weighted by atomic mass is 16.4. The van der Waals surface area contributed by atoms with E-state index in [0.29, 0.717) is 18.8 Å². The van der Waals surface area contributed by atoms with E-state index < -0.39 is 23.2 Å². The number of carboxylic acids is 1. The molecule has 3 fully saturated rings. The molecule has 0 aliphatic heterocycles. The van der Waals surface area contributed by atoms with Crippen LogP contribution in [0.25, 0.3) is 0 Å². The van der Waals surface area contributed by atoms with Crippen LogP contribution < -0.4 is 0 Å². The number of aliphatic hydroxyl groups excluding tert-OH is 1. The molecule has 0 radical (unpaired) electrons.